The van der Waals surface area contributed by atoms with Crippen LogP contribution in [0.4, 0.5) is 11.6 Å². The Morgan fingerprint density at radius 2 is 1.20 bits per heavy atom. The number of piperidine rings is 2. The molecule has 3 unspecified atom stereocenters. The molecule has 13 nitrogen and oxygen atoms in total. The number of benzene rings is 4. The van der Waals surface area contributed by atoms with Crippen LogP contribution >= 0.6 is 0 Å². The second-order valence-electron chi connectivity index (χ2n) is 16.1. The van der Waals surface area contributed by atoms with Crippen molar-refractivity contribution in [2.45, 2.75) is 58.5 Å². The summed E-state index contributed by atoms with van der Waals surface area (Å²) < 4.78 is 5.64. The Morgan fingerprint density at radius 3 is 1.70 bits per heavy atom. The average molecular weight is 810 g/mol. The van der Waals surface area contributed by atoms with Gasteiger partial charge in [-0.3, -0.25) is 9.59 Å². The van der Waals surface area contributed by atoms with E-state index in [1.54, 1.807) is 30.3 Å². The highest BCUT2D eigenvalue weighted by Crippen LogP contribution is 2.35. The number of hydrogen-bond donors (Lipinski definition) is 4. The molecule has 4 aromatic carbocycles. The van der Waals surface area contributed by atoms with Gasteiger partial charge in [0.2, 0.25) is 5.91 Å². The molecule has 0 aliphatic carbocycles. The lowest BCUT2D eigenvalue weighted by Gasteiger charge is -2.33. The van der Waals surface area contributed by atoms with E-state index in [0.29, 0.717) is 48.8 Å². The fourth-order valence-corrected chi connectivity index (χ4v) is 8.41. The number of anilines is 2. The highest BCUT2D eigenvalue weighted by Gasteiger charge is 2.30. The maximum atomic E-state index is 12.9. The number of aryl methyl sites for hydroxylation is 2. The fourth-order valence-electron chi connectivity index (χ4n) is 8.41. The van der Waals surface area contributed by atoms with Crippen molar-refractivity contribution in [2.75, 3.05) is 49.1 Å². The molecular formula is C47H51N7O6. The van der Waals surface area contributed by atoms with Gasteiger partial charge in [0.1, 0.15) is 23.1 Å². The zero-order valence-corrected chi connectivity index (χ0v) is 34.0. The van der Waals surface area contributed by atoms with Crippen LogP contribution in [0.1, 0.15) is 49.7 Å². The smallest absolute Gasteiger partial charge is 0.308 e. The molecule has 0 bridgehead atoms. The van der Waals surface area contributed by atoms with Gasteiger partial charge in [-0.05, 0) is 112 Å². The minimum absolute atomic E-state index is 0.0883. The van der Waals surface area contributed by atoms with Gasteiger partial charge in [0.05, 0.1) is 40.1 Å². The van der Waals surface area contributed by atoms with Crippen LogP contribution in [-0.2, 0) is 14.3 Å². The number of hydrogen-bond acceptors (Lipinski definition) is 11. The number of nitrogens with zero attached hydrogens (tertiary/aromatic N) is 6. The number of fused-ring (bicyclic) bond motifs is 2. The normalized spacial score (nSPS) is 19.2. The summed E-state index contributed by atoms with van der Waals surface area (Å²) >= 11 is 0. The Bertz CT molecular complexity index is 2530. The van der Waals surface area contributed by atoms with Crippen LogP contribution < -0.4 is 15.1 Å². The predicted molar refractivity (Wildman–Crippen MR) is 232 cm³/mol. The van der Waals surface area contributed by atoms with E-state index in [1.165, 1.54) is 0 Å². The van der Waals surface area contributed by atoms with Crippen LogP contribution in [0, 0.1) is 25.7 Å². The molecular weight excluding hydrogens is 759 g/mol. The number of carbonyl (C=O) groups is 2. The first-order valence-corrected chi connectivity index (χ1v) is 20.9. The molecule has 9 rings (SSSR count). The summed E-state index contributed by atoms with van der Waals surface area (Å²) in [6.45, 7) is 8.03. The summed E-state index contributed by atoms with van der Waals surface area (Å²) in [5.41, 5.74) is 4.98. The maximum Gasteiger partial charge on any atom is 0.308 e. The number of nitrogens with one attached hydrogen (secondary N) is 1. The SMILES string of the molecule is Cc1ccc2c(N3CCCC(C(=O)NCC4CCCO4)C3)nc(-c3ccccc3O)nc2c1.Cc1ccc2c(N3CCCC(C(=O)O)C3)nc(-c3ccccc3O)nc2c1. The summed E-state index contributed by atoms with van der Waals surface area (Å²) in [5, 5.41) is 35.0. The van der Waals surface area contributed by atoms with Crippen LogP contribution in [-0.4, -0.2) is 92.6 Å². The van der Waals surface area contributed by atoms with Crippen molar-refractivity contribution >= 4 is 45.3 Å². The molecule has 0 spiro atoms. The van der Waals surface area contributed by atoms with Gasteiger partial charge in [0.15, 0.2) is 11.6 Å². The number of para-hydroxylation sites is 2. The van der Waals surface area contributed by atoms with Crippen molar-refractivity contribution in [1.29, 1.82) is 0 Å². The van der Waals surface area contributed by atoms with Crippen LogP contribution in [0.2, 0.25) is 0 Å². The Morgan fingerprint density at radius 1 is 0.683 bits per heavy atom. The van der Waals surface area contributed by atoms with Crippen molar-refractivity contribution in [3.05, 3.63) is 96.1 Å². The molecule has 0 radical (unpaired) electrons. The number of carboxylic acids is 1. The number of phenols is 2. The summed E-state index contributed by atoms with van der Waals surface area (Å²) in [7, 11) is 0. The molecule has 3 aliphatic heterocycles. The van der Waals surface area contributed by atoms with E-state index in [4.69, 9.17) is 19.7 Å². The molecule has 5 heterocycles. The Labute approximate surface area is 349 Å². The lowest BCUT2D eigenvalue weighted by Crippen LogP contribution is -2.45. The molecule has 3 atom stereocenters. The average Bonchev–Trinajstić information content (AvgIpc) is 3.79. The number of carboxylic acid groups (broad SMARTS) is 1. The van der Waals surface area contributed by atoms with Crippen molar-refractivity contribution < 1.29 is 29.6 Å². The summed E-state index contributed by atoms with van der Waals surface area (Å²) in [4.78, 5) is 47.7. The van der Waals surface area contributed by atoms with Crippen molar-refractivity contribution in [1.82, 2.24) is 25.3 Å². The van der Waals surface area contributed by atoms with Crippen LogP contribution in [0.25, 0.3) is 44.6 Å². The number of rotatable bonds is 8. The minimum atomic E-state index is -0.769. The van der Waals surface area contributed by atoms with Crippen LogP contribution in [0.15, 0.2) is 84.9 Å². The molecule has 3 fully saturated rings. The number of ether oxygens (including phenoxy) is 1. The van der Waals surface area contributed by atoms with E-state index in [1.807, 2.05) is 61.2 Å². The number of aromatic hydroxyl groups is 2. The van der Waals surface area contributed by atoms with Crippen LogP contribution in [0.5, 0.6) is 11.5 Å². The predicted octanol–water partition coefficient (Wildman–Crippen LogP) is 7.43. The standard InChI is InChI=1S/C26H30N4O3.C21H21N3O3/c1-17-10-11-20-22(14-17)28-24(21-8-2-3-9-23(21)31)29-25(20)30-12-4-6-18(16-30)26(32)27-15-19-7-5-13-33-19;1-13-8-9-15-17(11-13)22-19(16-6-2-3-7-18(16)25)23-20(15)24-10-4-5-14(12-24)21(26)27/h2-3,8-11,14,18-19,31H,4-7,12-13,15-16H2,1H3,(H,27,32);2-3,6-9,11,14,25H,4-5,10,12H2,1H3,(H,26,27). The third-order valence-electron chi connectivity index (χ3n) is 11.6. The highest BCUT2D eigenvalue weighted by atomic mass is 16.5. The number of aliphatic carboxylic acids is 1. The number of aromatic nitrogens is 4. The Balaban J connectivity index is 0.000000170. The number of carbonyl (C=O) groups excluding carboxylic acids is 1. The van der Waals surface area contributed by atoms with E-state index >= 15 is 0 Å². The third kappa shape index (κ3) is 8.96. The van der Waals surface area contributed by atoms with Crippen molar-refractivity contribution in [3.8, 4) is 34.3 Å². The fraction of sp³-hybridized carbons (Fsp3) is 0.362. The first-order chi connectivity index (χ1) is 29.1. The van der Waals surface area contributed by atoms with Gasteiger partial charge in [-0.25, -0.2) is 19.9 Å². The van der Waals surface area contributed by atoms with Crippen LogP contribution in [0.3, 0.4) is 0 Å². The molecule has 4 N–H and O–H groups in total. The summed E-state index contributed by atoms with van der Waals surface area (Å²) in [5.74, 6) is 1.58. The van der Waals surface area contributed by atoms with Gasteiger partial charge in [-0.1, -0.05) is 36.4 Å². The van der Waals surface area contributed by atoms with Gasteiger partial charge in [-0.15, -0.1) is 0 Å². The van der Waals surface area contributed by atoms with Gasteiger partial charge in [-0.2, -0.15) is 0 Å². The topological polar surface area (TPSA) is 174 Å². The summed E-state index contributed by atoms with van der Waals surface area (Å²) in [6, 6.07) is 26.2. The van der Waals surface area contributed by atoms with E-state index in [9.17, 15) is 24.9 Å². The molecule has 60 heavy (non-hydrogen) atoms. The molecule has 2 aromatic heterocycles. The molecule has 0 saturated carbocycles. The number of phenolic OH excluding ortho intramolecular Hbond substituents is 2. The van der Waals surface area contributed by atoms with E-state index < -0.39 is 11.9 Å². The lowest BCUT2D eigenvalue weighted by molar-refractivity contribution is -0.142. The second-order valence-corrected chi connectivity index (χ2v) is 16.1. The van der Waals surface area contributed by atoms with E-state index in [-0.39, 0.29) is 29.4 Å². The lowest BCUT2D eigenvalue weighted by atomic mass is 9.96. The van der Waals surface area contributed by atoms with Crippen molar-refractivity contribution in [2.24, 2.45) is 11.8 Å². The van der Waals surface area contributed by atoms with E-state index in [0.717, 1.165) is 96.4 Å². The first kappa shape index (κ1) is 40.4. The second kappa shape index (κ2) is 17.9. The molecule has 3 aliphatic rings. The maximum absolute atomic E-state index is 12.9. The quantitative estimate of drug-likeness (QED) is 0.120. The number of amides is 1. The van der Waals surface area contributed by atoms with Gasteiger partial charge < -0.3 is 35.2 Å². The zero-order valence-electron chi connectivity index (χ0n) is 34.0. The molecule has 6 aromatic rings. The largest absolute Gasteiger partial charge is 0.507 e. The molecule has 3 saturated heterocycles. The van der Waals surface area contributed by atoms with Gasteiger partial charge in [0, 0.05) is 50.1 Å². The summed E-state index contributed by atoms with van der Waals surface area (Å²) in [6.07, 6.45) is 5.49. The zero-order chi connectivity index (χ0) is 41.8. The van der Waals surface area contributed by atoms with Crippen molar-refractivity contribution in [3.63, 3.8) is 0 Å². The molecule has 1 amide bonds. The minimum Gasteiger partial charge on any atom is -0.507 e. The highest BCUT2D eigenvalue weighted by molar-refractivity contribution is 5.93. The Kier molecular flexibility index (Phi) is 12.1. The van der Waals surface area contributed by atoms with Gasteiger partial charge in [0.25, 0.3) is 0 Å². The van der Waals surface area contributed by atoms with Gasteiger partial charge >= 0.3 is 5.97 Å². The molecule has 310 valence electrons. The first-order valence-electron chi connectivity index (χ1n) is 20.9. The van der Waals surface area contributed by atoms with E-state index in [2.05, 4.69) is 27.3 Å². The molecule has 13 heteroatoms. The monoisotopic (exact) mass is 809 g/mol. The Hall–Kier alpha value is -6.34. The third-order valence-corrected chi connectivity index (χ3v) is 11.6.